The molecule has 0 saturated heterocycles. The second-order valence-electron chi connectivity index (χ2n) is 7.44. The third-order valence-electron chi connectivity index (χ3n) is 4.84. The van der Waals surface area contributed by atoms with Gasteiger partial charge in [0, 0.05) is 12.0 Å². The van der Waals surface area contributed by atoms with Crippen molar-refractivity contribution in [2.24, 2.45) is 0 Å². The Hall–Kier alpha value is -2.18. The van der Waals surface area contributed by atoms with Crippen molar-refractivity contribution in [3.05, 3.63) is 57.5 Å². The number of hydrogen-bond acceptors (Lipinski definition) is 5. The number of aryl methyl sites for hydroxylation is 1. The summed E-state index contributed by atoms with van der Waals surface area (Å²) in [4.78, 5) is 22.9. The van der Waals surface area contributed by atoms with Crippen molar-refractivity contribution < 1.29 is 4.74 Å². The first-order valence-corrected chi connectivity index (χ1v) is 10.2. The Morgan fingerprint density at radius 3 is 2.78 bits per heavy atom. The Labute approximate surface area is 162 Å². The van der Waals surface area contributed by atoms with E-state index in [0.29, 0.717) is 22.8 Å². The molecule has 0 atom stereocenters. The number of fused-ring (bicyclic) bond motifs is 2. The van der Waals surface area contributed by atoms with Gasteiger partial charge in [0.1, 0.15) is 0 Å². The predicted octanol–water partition coefficient (Wildman–Crippen LogP) is 4.05. The van der Waals surface area contributed by atoms with Crippen molar-refractivity contribution in [2.75, 3.05) is 5.75 Å². The number of thioether (sulfide) groups is 1. The maximum atomic E-state index is 13.4. The van der Waals surface area contributed by atoms with Gasteiger partial charge in [-0.05, 0) is 44.2 Å². The van der Waals surface area contributed by atoms with E-state index in [1.54, 1.807) is 16.3 Å². The molecule has 0 spiro atoms. The molecule has 1 aliphatic heterocycles. The Balaban J connectivity index is 1.99. The van der Waals surface area contributed by atoms with Crippen LogP contribution >= 0.6 is 11.8 Å². The third-order valence-corrected chi connectivity index (χ3v) is 5.66. The molecule has 3 heterocycles. The van der Waals surface area contributed by atoms with Crippen LogP contribution in [0.15, 0.2) is 40.3 Å². The van der Waals surface area contributed by atoms with Gasteiger partial charge in [0.2, 0.25) is 0 Å². The van der Waals surface area contributed by atoms with Gasteiger partial charge in [0.25, 0.3) is 5.56 Å². The van der Waals surface area contributed by atoms with Crippen LogP contribution in [0.1, 0.15) is 37.6 Å². The van der Waals surface area contributed by atoms with Crippen LogP contribution in [-0.4, -0.2) is 25.9 Å². The van der Waals surface area contributed by atoms with E-state index in [0.717, 1.165) is 34.7 Å². The largest absolute Gasteiger partial charge is 0.370 e. The van der Waals surface area contributed by atoms with Crippen molar-refractivity contribution in [1.82, 2.24) is 14.5 Å². The van der Waals surface area contributed by atoms with Crippen molar-refractivity contribution >= 4 is 22.8 Å². The van der Waals surface area contributed by atoms with Gasteiger partial charge in [0.05, 0.1) is 29.0 Å². The van der Waals surface area contributed by atoms with E-state index in [4.69, 9.17) is 14.7 Å². The summed E-state index contributed by atoms with van der Waals surface area (Å²) >= 11 is 1.56. The molecule has 3 aromatic rings. The first-order chi connectivity index (χ1) is 12.9. The average Bonchev–Trinajstić information content (AvgIpc) is 2.61. The molecule has 0 aliphatic carbocycles. The van der Waals surface area contributed by atoms with Gasteiger partial charge in [-0.2, -0.15) is 0 Å². The minimum Gasteiger partial charge on any atom is -0.370 e. The molecule has 140 valence electrons. The van der Waals surface area contributed by atoms with Gasteiger partial charge in [-0.1, -0.05) is 36.9 Å². The number of hydrogen-bond donors (Lipinski definition) is 0. The lowest BCUT2D eigenvalue weighted by atomic mass is 9.95. The van der Waals surface area contributed by atoms with Gasteiger partial charge >= 0.3 is 0 Å². The number of rotatable bonds is 3. The zero-order valence-corrected chi connectivity index (χ0v) is 16.9. The van der Waals surface area contributed by atoms with Crippen molar-refractivity contribution in [3.8, 4) is 5.69 Å². The van der Waals surface area contributed by atoms with E-state index in [9.17, 15) is 4.79 Å². The highest BCUT2D eigenvalue weighted by Gasteiger charge is 2.28. The number of pyridine rings is 1. The molecule has 2 aromatic heterocycles. The van der Waals surface area contributed by atoms with Crippen molar-refractivity contribution in [3.63, 3.8) is 0 Å². The number of aromatic nitrogens is 3. The van der Waals surface area contributed by atoms with Crippen LogP contribution in [0.25, 0.3) is 16.7 Å². The Bertz CT molecular complexity index is 1090. The van der Waals surface area contributed by atoms with E-state index >= 15 is 0 Å². The summed E-state index contributed by atoms with van der Waals surface area (Å²) in [6.07, 6.45) is 0.719. The highest BCUT2D eigenvalue weighted by Crippen LogP contribution is 2.29. The highest BCUT2D eigenvalue weighted by atomic mass is 32.2. The van der Waals surface area contributed by atoms with Crippen LogP contribution in [0.3, 0.4) is 0 Å². The second kappa shape index (κ2) is 6.77. The summed E-state index contributed by atoms with van der Waals surface area (Å²) in [5.74, 6) is 0.829. The van der Waals surface area contributed by atoms with Gasteiger partial charge in [-0.15, -0.1) is 0 Å². The van der Waals surface area contributed by atoms with Gasteiger partial charge in [0.15, 0.2) is 10.8 Å². The Morgan fingerprint density at radius 2 is 2.04 bits per heavy atom. The zero-order valence-electron chi connectivity index (χ0n) is 16.1. The summed E-state index contributed by atoms with van der Waals surface area (Å²) in [5, 5.41) is 1.23. The van der Waals surface area contributed by atoms with Crippen LogP contribution in [0.5, 0.6) is 0 Å². The molecular formula is C21H23N3O2S. The number of para-hydroxylation sites is 1. The molecule has 0 unspecified atom stereocenters. The van der Waals surface area contributed by atoms with E-state index < -0.39 is 0 Å². The lowest BCUT2D eigenvalue weighted by Crippen LogP contribution is -2.33. The fraction of sp³-hybridized carbons (Fsp3) is 0.381. The molecule has 0 amide bonds. The summed E-state index contributed by atoms with van der Waals surface area (Å²) in [6, 6.07) is 9.80. The SMILES string of the molecule is CCSc1nc2nc3c(cc2c(=O)n1-c1ccccc1C)COC(C)(C)C3. The van der Waals surface area contributed by atoms with Crippen LogP contribution in [0.2, 0.25) is 0 Å². The molecule has 0 saturated carbocycles. The monoisotopic (exact) mass is 381 g/mol. The fourth-order valence-electron chi connectivity index (χ4n) is 3.43. The minimum absolute atomic E-state index is 0.0783. The standard InChI is InChI=1S/C21H23N3O2S/c1-5-27-20-23-18-15(10-14-12-26-21(3,4)11-16(14)22-18)19(25)24(20)17-9-7-6-8-13(17)2/h6-10H,5,11-12H2,1-4H3. The lowest BCUT2D eigenvalue weighted by molar-refractivity contribution is -0.0411. The second-order valence-corrected chi connectivity index (χ2v) is 8.68. The zero-order chi connectivity index (χ0) is 19.2. The molecular weight excluding hydrogens is 358 g/mol. The molecule has 0 fully saturated rings. The normalized spacial score (nSPS) is 15.7. The van der Waals surface area contributed by atoms with E-state index in [2.05, 4.69) is 20.8 Å². The Kier molecular flexibility index (Phi) is 4.56. The maximum Gasteiger partial charge on any atom is 0.268 e. The summed E-state index contributed by atoms with van der Waals surface area (Å²) in [7, 11) is 0. The average molecular weight is 382 g/mol. The molecule has 5 nitrogen and oxygen atoms in total. The topological polar surface area (TPSA) is 57.0 Å². The Morgan fingerprint density at radius 1 is 1.26 bits per heavy atom. The molecule has 1 aliphatic rings. The molecule has 4 rings (SSSR count). The van der Waals surface area contributed by atoms with Crippen LogP contribution in [0.4, 0.5) is 0 Å². The quantitative estimate of drug-likeness (QED) is 0.506. The number of ether oxygens (including phenoxy) is 1. The van der Waals surface area contributed by atoms with E-state index in [1.807, 2.05) is 37.3 Å². The smallest absolute Gasteiger partial charge is 0.268 e. The summed E-state index contributed by atoms with van der Waals surface area (Å²) < 4.78 is 7.62. The number of benzene rings is 1. The first kappa shape index (κ1) is 18.2. The highest BCUT2D eigenvalue weighted by molar-refractivity contribution is 7.99. The van der Waals surface area contributed by atoms with Gasteiger partial charge in [-0.25, -0.2) is 9.97 Å². The summed E-state index contributed by atoms with van der Waals surface area (Å²) in [5.41, 5.74) is 4.06. The summed E-state index contributed by atoms with van der Waals surface area (Å²) in [6.45, 7) is 8.66. The first-order valence-electron chi connectivity index (χ1n) is 9.18. The van der Waals surface area contributed by atoms with E-state index in [-0.39, 0.29) is 11.2 Å². The van der Waals surface area contributed by atoms with Crippen molar-refractivity contribution in [2.45, 2.75) is 51.5 Å². The molecule has 27 heavy (non-hydrogen) atoms. The van der Waals surface area contributed by atoms with Crippen LogP contribution in [0, 0.1) is 6.92 Å². The lowest BCUT2D eigenvalue weighted by Gasteiger charge is -2.31. The third kappa shape index (κ3) is 3.28. The molecule has 0 radical (unpaired) electrons. The van der Waals surface area contributed by atoms with Crippen LogP contribution in [-0.2, 0) is 17.8 Å². The van der Waals surface area contributed by atoms with E-state index in [1.165, 1.54) is 0 Å². The molecule has 6 heteroatoms. The molecule has 1 aromatic carbocycles. The molecule has 0 bridgehead atoms. The minimum atomic E-state index is -0.245. The van der Waals surface area contributed by atoms with Gasteiger partial charge < -0.3 is 4.74 Å². The molecule has 0 N–H and O–H groups in total. The number of nitrogens with zero attached hydrogens (tertiary/aromatic N) is 3. The predicted molar refractivity (Wildman–Crippen MR) is 109 cm³/mol. The van der Waals surface area contributed by atoms with Crippen molar-refractivity contribution in [1.29, 1.82) is 0 Å². The fourth-order valence-corrected chi connectivity index (χ4v) is 4.15. The maximum absolute atomic E-state index is 13.4. The van der Waals surface area contributed by atoms with Crippen LogP contribution < -0.4 is 5.56 Å². The van der Waals surface area contributed by atoms with Gasteiger partial charge in [-0.3, -0.25) is 9.36 Å².